The molecule has 0 heterocycles. The van der Waals surface area contributed by atoms with Crippen LogP contribution >= 0.6 is 0 Å². The van der Waals surface area contributed by atoms with Gasteiger partial charge in [-0.1, -0.05) is 48.5 Å². The van der Waals surface area contributed by atoms with Crippen molar-refractivity contribution in [3.8, 4) is 5.75 Å². The highest BCUT2D eigenvalue weighted by Crippen LogP contribution is 2.24. The Balaban J connectivity index is 1.69. The van der Waals surface area contributed by atoms with Gasteiger partial charge in [-0.25, -0.2) is 8.78 Å². The van der Waals surface area contributed by atoms with Gasteiger partial charge in [-0.2, -0.15) is 0 Å². The number of nitrogens with one attached hydrogen (secondary N) is 2. The maximum Gasteiger partial charge on any atom is 0.234 e. The summed E-state index contributed by atoms with van der Waals surface area (Å²) in [4.78, 5) is 12.6. The molecule has 0 spiro atoms. The first-order chi connectivity index (χ1) is 14.5. The minimum absolute atomic E-state index is 0.0274. The number of hydrogen-bond donors (Lipinski definition) is 2. The van der Waals surface area contributed by atoms with E-state index in [2.05, 4.69) is 10.6 Å². The third kappa shape index (κ3) is 5.42. The van der Waals surface area contributed by atoms with Crippen molar-refractivity contribution in [2.45, 2.75) is 19.0 Å². The van der Waals surface area contributed by atoms with E-state index in [-0.39, 0.29) is 24.5 Å². The molecule has 0 saturated heterocycles. The average Bonchev–Trinajstić information content (AvgIpc) is 2.78. The Labute approximate surface area is 174 Å². The first-order valence-corrected chi connectivity index (χ1v) is 9.64. The van der Waals surface area contributed by atoms with E-state index in [9.17, 15) is 13.6 Å². The molecule has 3 aromatic carbocycles. The van der Waals surface area contributed by atoms with Gasteiger partial charge < -0.3 is 15.4 Å². The molecule has 156 valence electrons. The summed E-state index contributed by atoms with van der Waals surface area (Å²) in [5.74, 6) is -1.28. The van der Waals surface area contributed by atoms with E-state index >= 15 is 0 Å². The zero-order chi connectivity index (χ0) is 21.5. The van der Waals surface area contributed by atoms with Crippen LogP contribution in [0, 0.1) is 11.6 Å². The number of rotatable bonds is 8. The van der Waals surface area contributed by atoms with Crippen LogP contribution < -0.4 is 15.4 Å². The second-order valence-corrected chi connectivity index (χ2v) is 6.96. The molecule has 3 rings (SSSR count). The van der Waals surface area contributed by atoms with Crippen molar-refractivity contribution in [2.24, 2.45) is 0 Å². The summed E-state index contributed by atoms with van der Waals surface area (Å²) in [5, 5.41) is 6.09. The summed E-state index contributed by atoms with van der Waals surface area (Å²) in [7, 11) is 1.60. The zero-order valence-corrected chi connectivity index (χ0v) is 16.9. The largest absolute Gasteiger partial charge is 0.497 e. The zero-order valence-electron chi connectivity index (χ0n) is 16.9. The van der Waals surface area contributed by atoms with Gasteiger partial charge in [0.05, 0.1) is 19.7 Å². The fraction of sp³-hybridized carbons (Fsp3) is 0.208. The lowest BCUT2D eigenvalue weighted by atomic mass is 9.98. The van der Waals surface area contributed by atoms with Gasteiger partial charge in [-0.3, -0.25) is 4.79 Å². The fourth-order valence-corrected chi connectivity index (χ4v) is 3.16. The Morgan fingerprint density at radius 3 is 2.17 bits per heavy atom. The Morgan fingerprint density at radius 1 is 0.900 bits per heavy atom. The van der Waals surface area contributed by atoms with E-state index in [0.717, 1.165) is 29.0 Å². The third-order valence-electron chi connectivity index (χ3n) is 4.90. The van der Waals surface area contributed by atoms with Gasteiger partial charge in [0.2, 0.25) is 5.91 Å². The number of methoxy groups -OCH3 is 1. The average molecular weight is 410 g/mol. The number of amides is 1. The number of carbonyl (C=O) groups is 1. The van der Waals surface area contributed by atoms with E-state index in [1.54, 1.807) is 14.0 Å². The summed E-state index contributed by atoms with van der Waals surface area (Å²) in [6.45, 7) is 1.82. The topological polar surface area (TPSA) is 50.4 Å². The standard InChI is InChI=1S/C24H24F2N2O2/c1-16(19-10-13-21(25)22(26)14-19)27-15-23(29)28-24(17-6-4-3-5-7-17)18-8-11-20(30-2)12-9-18/h3-14,16,24,27H,15H2,1-2H3,(H,28,29)/t16-,24+/m1/s1. The molecule has 0 unspecified atom stereocenters. The van der Waals surface area contributed by atoms with Gasteiger partial charge in [0, 0.05) is 6.04 Å². The van der Waals surface area contributed by atoms with Crippen LogP contribution in [0.4, 0.5) is 8.78 Å². The van der Waals surface area contributed by atoms with Crippen molar-refractivity contribution >= 4 is 5.91 Å². The molecule has 0 fully saturated rings. The molecule has 4 nitrogen and oxygen atoms in total. The van der Waals surface area contributed by atoms with E-state index in [1.807, 2.05) is 54.6 Å². The van der Waals surface area contributed by atoms with Gasteiger partial charge >= 0.3 is 0 Å². The van der Waals surface area contributed by atoms with Gasteiger partial charge in [-0.15, -0.1) is 0 Å². The highest BCUT2D eigenvalue weighted by atomic mass is 19.2. The quantitative estimate of drug-likeness (QED) is 0.574. The van der Waals surface area contributed by atoms with Crippen molar-refractivity contribution in [1.29, 1.82) is 0 Å². The highest BCUT2D eigenvalue weighted by Gasteiger charge is 2.18. The van der Waals surface area contributed by atoms with Crippen molar-refractivity contribution in [3.63, 3.8) is 0 Å². The fourth-order valence-electron chi connectivity index (χ4n) is 3.16. The molecule has 0 saturated carbocycles. The lowest BCUT2D eigenvalue weighted by Crippen LogP contribution is -2.37. The summed E-state index contributed by atoms with van der Waals surface area (Å²) in [5.41, 5.74) is 2.44. The summed E-state index contributed by atoms with van der Waals surface area (Å²) in [6, 6.07) is 20.2. The summed E-state index contributed by atoms with van der Waals surface area (Å²) >= 11 is 0. The molecule has 0 aliphatic heterocycles. The maximum atomic E-state index is 13.4. The van der Waals surface area contributed by atoms with Crippen LogP contribution in [0.2, 0.25) is 0 Å². The molecule has 6 heteroatoms. The first kappa shape index (κ1) is 21.5. The molecule has 0 aliphatic rings. The maximum absolute atomic E-state index is 13.4. The third-order valence-corrected chi connectivity index (χ3v) is 4.90. The van der Waals surface area contributed by atoms with Crippen LogP contribution in [-0.4, -0.2) is 19.6 Å². The van der Waals surface area contributed by atoms with Crippen LogP contribution in [0.1, 0.15) is 35.7 Å². The Hall–Kier alpha value is -3.25. The van der Waals surface area contributed by atoms with E-state index in [1.165, 1.54) is 6.07 Å². The van der Waals surface area contributed by atoms with Gasteiger partial charge in [0.1, 0.15) is 5.75 Å². The van der Waals surface area contributed by atoms with Gasteiger partial charge in [-0.05, 0) is 47.9 Å². The van der Waals surface area contributed by atoms with Crippen LogP contribution in [0.25, 0.3) is 0 Å². The van der Waals surface area contributed by atoms with E-state index in [4.69, 9.17) is 4.74 Å². The highest BCUT2D eigenvalue weighted by molar-refractivity contribution is 5.79. The van der Waals surface area contributed by atoms with Crippen molar-refractivity contribution in [3.05, 3.63) is 101 Å². The van der Waals surface area contributed by atoms with Crippen LogP contribution in [-0.2, 0) is 4.79 Å². The summed E-state index contributed by atoms with van der Waals surface area (Å²) in [6.07, 6.45) is 0. The Bertz CT molecular complexity index is 978. The van der Waals surface area contributed by atoms with Crippen LogP contribution in [0.3, 0.4) is 0 Å². The predicted molar refractivity (Wildman–Crippen MR) is 112 cm³/mol. The number of carbonyl (C=O) groups excluding carboxylic acids is 1. The molecule has 2 atom stereocenters. The van der Waals surface area contributed by atoms with Crippen molar-refractivity contribution < 1.29 is 18.3 Å². The second kappa shape index (κ2) is 9.98. The Kier molecular flexibility index (Phi) is 7.14. The van der Waals surface area contributed by atoms with Crippen LogP contribution in [0.15, 0.2) is 72.8 Å². The number of halogens is 2. The normalized spacial score (nSPS) is 12.8. The summed E-state index contributed by atoms with van der Waals surface area (Å²) < 4.78 is 31.8. The smallest absolute Gasteiger partial charge is 0.234 e. The molecular weight excluding hydrogens is 386 g/mol. The van der Waals surface area contributed by atoms with Gasteiger partial charge in [0.25, 0.3) is 0 Å². The molecule has 0 aliphatic carbocycles. The van der Waals surface area contributed by atoms with Crippen molar-refractivity contribution in [2.75, 3.05) is 13.7 Å². The molecule has 2 N–H and O–H groups in total. The predicted octanol–water partition coefficient (Wildman–Crippen LogP) is 4.53. The lowest BCUT2D eigenvalue weighted by Gasteiger charge is -2.21. The van der Waals surface area contributed by atoms with E-state index < -0.39 is 11.6 Å². The SMILES string of the molecule is COc1ccc([C@@H](NC(=O)CN[C@H](C)c2ccc(F)c(F)c2)c2ccccc2)cc1. The number of ether oxygens (including phenoxy) is 1. The molecule has 0 aromatic heterocycles. The first-order valence-electron chi connectivity index (χ1n) is 9.64. The molecule has 0 bridgehead atoms. The molecule has 0 radical (unpaired) electrons. The number of benzene rings is 3. The van der Waals surface area contributed by atoms with Crippen molar-refractivity contribution in [1.82, 2.24) is 10.6 Å². The monoisotopic (exact) mass is 410 g/mol. The van der Waals surface area contributed by atoms with Crippen LogP contribution in [0.5, 0.6) is 5.75 Å². The lowest BCUT2D eigenvalue weighted by molar-refractivity contribution is -0.120. The second-order valence-electron chi connectivity index (χ2n) is 6.96. The molecule has 3 aromatic rings. The molecule has 30 heavy (non-hydrogen) atoms. The molecule has 1 amide bonds. The Morgan fingerprint density at radius 2 is 1.53 bits per heavy atom. The minimum atomic E-state index is -0.908. The van der Waals surface area contributed by atoms with Gasteiger partial charge in [0.15, 0.2) is 11.6 Å². The number of hydrogen-bond acceptors (Lipinski definition) is 3. The minimum Gasteiger partial charge on any atom is -0.497 e. The van der Waals surface area contributed by atoms with E-state index in [0.29, 0.717) is 5.56 Å². The molecular formula is C24H24F2N2O2.